The van der Waals surface area contributed by atoms with E-state index < -0.39 is 0 Å². The third-order valence-corrected chi connectivity index (χ3v) is 1.12. The monoisotopic (exact) mass is 152 g/mol. The summed E-state index contributed by atoms with van der Waals surface area (Å²) in [6.45, 7) is 4.90. The molecule has 3 nitrogen and oxygen atoms in total. The Morgan fingerprint density at radius 1 is 1.55 bits per heavy atom. The van der Waals surface area contributed by atoms with Gasteiger partial charge < -0.3 is 4.74 Å². The second-order valence-corrected chi connectivity index (χ2v) is 2.75. The number of rotatable bonds is 3. The minimum absolute atomic E-state index is 0.532. The first-order valence-corrected chi connectivity index (χ1v) is 3.68. The molecule has 0 amide bonds. The summed E-state index contributed by atoms with van der Waals surface area (Å²) in [4.78, 5) is 7.70. The van der Waals surface area contributed by atoms with Crippen molar-refractivity contribution < 1.29 is 4.74 Å². The van der Waals surface area contributed by atoms with E-state index in [4.69, 9.17) is 4.74 Å². The van der Waals surface area contributed by atoms with E-state index in [-0.39, 0.29) is 0 Å². The van der Waals surface area contributed by atoms with Crippen LogP contribution in [-0.2, 0) is 0 Å². The van der Waals surface area contributed by atoms with E-state index in [0.717, 1.165) is 0 Å². The SMILES string of the molecule is CC(C)COc1ccncn1. The molecule has 0 unspecified atom stereocenters. The first kappa shape index (κ1) is 7.98. The van der Waals surface area contributed by atoms with Gasteiger partial charge in [-0.25, -0.2) is 9.97 Å². The summed E-state index contributed by atoms with van der Waals surface area (Å²) in [5.74, 6) is 1.18. The van der Waals surface area contributed by atoms with Crippen molar-refractivity contribution >= 4 is 0 Å². The highest BCUT2D eigenvalue weighted by Crippen LogP contribution is 2.03. The summed E-state index contributed by atoms with van der Waals surface area (Å²) in [6.07, 6.45) is 3.15. The highest BCUT2D eigenvalue weighted by Gasteiger charge is 1.95. The highest BCUT2D eigenvalue weighted by molar-refractivity contribution is 5.04. The zero-order valence-corrected chi connectivity index (χ0v) is 6.82. The van der Waals surface area contributed by atoms with Crippen LogP contribution in [-0.4, -0.2) is 16.6 Å². The van der Waals surface area contributed by atoms with Crippen molar-refractivity contribution in [3.8, 4) is 5.88 Å². The van der Waals surface area contributed by atoms with Crippen molar-refractivity contribution in [3.05, 3.63) is 18.6 Å². The van der Waals surface area contributed by atoms with Gasteiger partial charge in [0.05, 0.1) is 6.61 Å². The van der Waals surface area contributed by atoms with Crippen LogP contribution in [0.1, 0.15) is 13.8 Å². The van der Waals surface area contributed by atoms with Gasteiger partial charge in [0.1, 0.15) is 6.33 Å². The van der Waals surface area contributed by atoms with E-state index in [0.29, 0.717) is 18.4 Å². The molecule has 0 radical (unpaired) electrons. The minimum Gasteiger partial charge on any atom is -0.477 e. The summed E-state index contributed by atoms with van der Waals surface area (Å²) in [6, 6.07) is 1.75. The number of nitrogens with zero attached hydrogens (tertiary/aromatic N) is 2. The van der Waals surface area contributed by atoms with Gasteiger partial charge in [-0.3, -0.25) is 0 Å². The maximum absolute atomic E-state index is 5.32. The molecule has 0 saturated heterocycles. The molecule has 11 heavy (non-hydrogen) atoms. The van der Waals surface area contributed by atoms with E-state index in [2.05, 4.69) is 23.8 Å². The lowest BCUT2D eigenvalue weighted by Gasteiger charge is -2.05. The molecule has 0 bridgehead atoms. The lowest BCUT2D eigenvalue weighted by molar-refractivity contribution is 0.261. The summed E-state index contributed by atoms with van der Waals surface area (Å²) in [7, 11) is 0. The van der Waals surface area contributed by atoms with Gasteiger partial charge in [0.15, 0.2) is 0 Å². The van der Waals surface area contributed by atoms with Gasteiger partial charge in [-0.15, -0.1) is 0 Å². The third kappa shape index (κ3) is 2.98. The molecule has 3 heteroatoms. The van der Waals surface area contributed by atoms with Crippen LogP contribution in [0.15, 0.2) is 18.6 Å². The topological polar surface area (TPSA) is 35.0 Å². The molecule has 0 aromatic carbocycles. The first-order chi connectivity index (χ1) is 5.29. The molecule has 1 aromatic rings. The molecule has 0 aliphatic rings. The Morgan fingerprint density at radius 3 is 2.91 bits per heavy atom. The van der Waals surface area contributed by atoms with E-state index in [1.165, 1.54) is 6.33 Å². The van der Waals surface area contributed by atoms with Crippen LogP contribution < -0.4 is 4.74 Å². The molecule has 1 rings (SSSR count). The van der Waals surface area contributed by atoms with Crippen molar-refractivity contribution in [1.29, 1.82) is 0 Å². The van der Waals surface area contributed by atoms with E-state index >= 15 is 0 Å². The lowest BCUT2D eigenvalue weighted by Crippen LogP contribution is -2.05. The summed E-state index contributed by atoms with van der Waals surface area (Å²) >= 11 is 0. The maximum atomic E-state index is 5.32. The van der Waals surface area contributed by atoms with Gasteiger partial charge in [-0.1, -0.05) is 13.8 Å². The van der Waals surface area contributed by atoms with E-state index in [1.54, 1.807) is 12.3 Å². The van der Waals surface area contributed by atoms with Gasteiger partial charge in [0.2, 0.25) is 5.88 Å². The molecular formula is C8H12N2O. The number of ether oxygens (including phenoxy) is 1. The van der Waals surface area contributed by atoms with Crippen molar-refractivity contribution in [2.24, 2.45) is 5.92 Å². The summed E-state index contributed by atoms with van der Waals surface area (Å²) < 4.78 is 5.32. The predicted molar refractivity (Wildman–Crippen MR) is 42.4 cm³/mol. The van der Waals surface area contributed by atoms with Crippen LogP contribution in [0.25, 0.3) is 0 Å². The predicted octanol–water partition coefficient (Wildman–Crippen LogP) is 1.51. The molecule has 0 fully saturated rings. The van der Waals surface area contributed by atoms with Crippen LogP contribution in [0.3, 0.4) is 0 Å². The summed E-state index contributed by atoms with van der Waals surface area (Å²) in [5, 5.41) is 0. The average molecular weight is 152 g/mol. The molecule has 0 N–H and O–H groups in total. The van der Waals surface area contributed by atoms with Crippen molar-refractivity contribution in [3.63, 3.8) is 0 Å². The maximum Gasteiger partial charge on any atom is 0.216 e. The molecular weight excluding hydrogens is 140 g/mol. The second kappa shape index (κ2) is 3.91. The molecule has 1 heterocycles. The smallest absolute Gasteiger partial charge is 0.216 e. The van der Waals surface area contributed by atoms with Crippen LogP contribution in [0.2, 0.25) is 0 Å². The molecule has 60 valence electrons. The number of hydrogen-bond acceptors (Lipinski definition) is 3. The summed E-state index contributed by atoms with van der Waals surface area (Å²) in [5.41, 5.74) is 0. The zero-order chi connectivity index (χ0) is 8.10. The fourth-order valence-electron chi connectivity index (χ4n) is 0.616. The standard InChI is InChI=1S/C8H12N2O/c1-7(2)5-11-8-3-4-9-6-10-8/h3-4,6-7H,5H2,1-2H3. The van der Waals surface area contributed by atoms with Crippen LogP contribution in [0.5, 0.6) is 5.88 Å². The Bertz CT molecular complexity index is 199. The Balaban J connectivity index is 2.39. The molecule has 0 aliphatic carbocycles. The highest BCUT2D eigenvalue weighted by atomic mass is 16.5. The zero-order valence-electron chi connectivity index (χ0n) is 6.82. The first-order valence-electron chi connectivity index (χ1n) is 3.68. The number of aromatic nitrogens is 2. The third-order valence-electron chi connectivity index (χ3n) is 1.12. The van der Waals surface area contributed by atoms with E-state index in [1.807, 2.05) is 0 Å². The molecule has 0 aliphatic heterocycles. The quantitative estimate of drug-likeness (QED) is 0.658. The second-order valence-electron chi connectivity index (χ2n) is 2.75. The van der Waals surface area contributed by atoms with Crippen LogP contribution in [0, 0.1) is 5.92 Å². The Kier molecular flexibility index (Phi) is 2.83. The normalized spacial score (nSPS) is 10.1. The van der Waals surface area contributed by atoms with Gasteiger partial charge in [-0.2, -0.15) is 0 Å². The van der Waals surface area contributed by atoms with Crippen molar-refractivity contribution in [1.82, 2.24) is 9.97 Å². The number of hydrogen-bond donors (Lipinski definition) is 0. The fraction of sp³-hybridized carbons (Fsp3) is 0.500. The van der Waals surface area contributed by atoms with Crippen molar-refractivity contribution in [2.45, 2.75) is 13.8 Å². The van der Waals surface area contributed by atoms with E-state index in [9.17, 15) is 0 Å². The lowest BCUT2D eigenvalue weighted by atomic mass is 10.2. The van der Waals surface area contributed by atoms with Crippen LogP contribution >= 0.6 is 0 Å². The molecule has 1 aromatic heterocycles. The Morgan fingerprint density at radius 2 is 2.36 bits per heavy atom. The molecule has 0 saturated carbocycles. The fourth-order valence-corrected chi connectivity index (χ4v) is 0.616. The van der Waals surface area contributed by atoms with Crippen molar-refractivity contribution in [2.75, 3.05) is 6.61 Å². The van der Waals surface area contributed by atoms with Gasteiger partial charge in [0.25, 0.3) is 0 Å². The van der Waals surface area contributed by atoms with Gasteiger partial charge in [-0.05, 0) is 5.92 Å². The van der Waals surface area contributed by atoms with Crippen LogP contribution in [0.4, 0.5) is 0 Å². The molecule has 0 atom stereocenters. The largest absolute Gasteiger partial charge is 0.477 e. The average Bonchev–Trinajstić information content (AvgIpc) is 2.03. The van der Waals surface area contributed by atoms with Gasteiger partial charge in [0, 0.05) is 12.3 Å². The Labute approximate surface area is 66.4 Å². The Hall–Kier alpha value is -1.12. The molecule has 0 spiro atoms. The van der Waals surface area contributed by atoms with Gasteiger partial charge >= 0.3 is 0 Å². The minimum atomic E-state index is 0.532.